The van der Waals surface area contributed by atoms with Gasteiger partial charge in [0.1, 0.15) is 0 Å². The van der Waals surface area contributed by atoms with Gasteiger partial charge in [-0.05, 0) is 165 Å². The molecule has 8 aliphatic carbocycles. The van der Waals surface area contributed by atoms with Crippen molar-refractivity contribution in [2.24, 2.45) is 23.7 Å². The molecular weight excluding hydrogens is 544 g/mol. The first-order valence-corrected chi connectivity index (χ1v) is 18.3. The summed E-state index contributed by atoms with van der Waals surface area (Å²) in [6.45, 7) is 4.78. The van der Waals surface area contributed by atoms with E-state index in [-0.39, 0.29) is 0 Å². The molecule has 224 valence electrons. The molecule has 4 fully saturated rings. The minimum Gasteiger partial charge on any atom is -0.306 e. The van der Waals surface area contributed by atoms with Crippen molar-refractivity contribution in [3.05, 3.63) is 82.2 Å². The molecule has 8 aliphatic rings. The van der Waals surface area contributed by atoms with E-state index in [2.05, 4.69) is 66.8 Å². The van der Waals surface area contributed by atoms with Crippen LogP contribution in [0.2, 0.25) is 0 Å². The normalized spacial score (nSPS) is 32.7. The number of aryl methyl sites for hydroxylation is 2. The third-order valence-electron chi connectivity index (χ3n) is 14.3. The molecule has 4 saturated carbocycles. The maximum Gasteiger partial charge on any atom is 0.0757 e. The Labute approximate surface area is 265 Å². The molecule has 6 aromatic rings. The summed E-state index contributed by atoms with van der Waals surface area (Å²) in [5.74, 6) is 6.48. The van der Waals surface area contributed by atoms with Gasteiger partial charge >= 0.3 is 0 Å². The van der Waals surface area contributed by atoms with Crippen LogP contribution < -0.4 is 0 Å². The van der Waals surface area contributed by atoms with Crippen molar-refractivity contribution in [3.8, 4) is 11.1 Å². The maximum absolute atomic E-state index is 5.66. The highest BCUT2D eigenvalue weighted by molar-refractivity contribution is 6.26. The topological polar surface area (TPSA) is 17.3 Å². The van der Waals surface area contributed by atoms with Crippen LogP contribution in [0.4, 0.5) is 0 Å². The Balaban J connectivity index is 1.29. The Morgan fingerprint density at radius 1 is 0.556 bits per heavy atom. The average Bonchev–Trinajstić information content (AvgIpc) is 3.43. The summed E-state index contributed by atoms with van der Waals surface area (Å²) in [6, 6.07) is 19.1. The maximum atomic E-state index is 5.66. The fourth-order valence-electron chi connectivity index (χ4n) is 13.2. The van der Waals surface area contributed by atoms with Crippen LogP contribution >= 0.6 is 0 Å². The molecule has 4 atom stereocenters. The first-order chi connectivity index (χ1) is 22.1. The lowest BCUT2D eigenvalue weighted by molar-refractivity contribution is 0.165. The first kappa shape index (κ1) is 24.8. The van der Waals surface area contributed by atoms with Crippen LogP contribution in [0.5, 0.6) is 0 Å². The number of benzene rings is 3. The summed E-state index contributed by atoms with van der Waals surface area (Å²) in [5, 5.41) is 6.21. The van der Waals surface area contributed by atoms with Crippen molar-refractivity contribution in [2.75, 3.05) is 0 Å². The van der Waals surface area contributed by atoms with E-state index in [1.807, 2.05) is 0 Å². The van der Waals surface area contributed by atoms with Crippen molar-refractivity contribution in [3.63, 3.8) is 0 Å². The van der Waals surface area contributed by atoms with Crippen LogP contribution in [-0.2, 0) is 0 Å². The van der Waals surface area contributed by atoms with Gasteiger partial charge in [0.2, 0.25) is 0 Å². The van der Waals surface area contributed by atoms with Gasteiger partial charge in [0.15, 0.2) is 0 Å². The van der Waals surface area contributed by atoms with Crippen LogP contribution in [-0.4, -0.2) is 9.38 Å². The second-order valence-electron chi connectivity index (χ2n) is 16.9. The summed E-state index contributed by atoms with van der Waals surface area (Å²) in [6.07, 6.45) is 14.1. The monoisotopic (exact) mass is 586 g/mol. The lowest BCUT2D eigenvalue weighted by Crippen LogP contribution is -2.25. The molecular formula is C43H42N2. The van der Waals surface area contributed by atoms with E-state index >= 15 is 0 Å². The second-order valence-corrected chi connectivity index (χ2v) is 16.9. The molecule has 0 spiro atoms. The molecule has 0 saturated heterocycles. The van der Waals surface area contributed by atoms with Gasteiger partial charge in [-0.15, -0.1) is 0 Å². The molecule has 3 aromatic carbocycles. The zero-order valence-corrected chi connectivity index (χ0v) is 26.7. The molecule has 2 nitrogen and oxygen atoms in total. The van der Waals surface area contributed by atoms with Crippen LogP contribution in [0.1, 0.15) is 122 Å². The number of hydrogen-bond acceptors (Lipinski definition) is 1. The molecule has 0 aliphatic heterocycles. The first-order valence-electron chi connectivity index (χ1n) is 18.3. The van der Waals surface area contributed by atoms with Gasteiger partial charge in [0.05, 0.1) is 22.2 Å². The quantitative estimate of drug-likeness (QED) is 0.187. The van der Waals surface area contributed by atoms with Crippen LogP contribution in [0.3, 0.4) is 0 Å². The van der Waals surface area contributed by atoms with E-state index in [0.29, 0.717) is 11.8 Å². The summed E-state index contributed by atoms with van der Waals surface area (Å²) in [5.41, 5.74) is 16.5. The Morgan fingerprint density at radius 2 is 1.13 bits per heavy atom. The molecule has 4 unspecified atom stereocenters. The molecule has 3 aromatic heterocycles. The van der Waals surface area contributed by atoms with Gasteiger partial charge in [-0.1, -0.05) is 36.4 Å². The van der Waals surface area contributed by atoms with E-state index < -0.39 is 0 Å². The lowest BCUT2D eigenvalue weighted by Gasteiger charge is -2.38. The summed E-state index contributed by atoms with van der Waals surface area (Å²) in [4.78, 5) is 5.66. The highest BCUT2D eigenvalue weighted by Crippen LogP contribution is 2.61. The smallest absolute Gasteiger partial charge is 0.0757 e. The third-order valence-corrected chi connectivity index (χ3v) is 14.3. The van der Waals surface area contributed by atoms with Crippen LogP contribution in [0.25, 0.3) is 49.2 Å². The average molecular weight is 587 g/mol. The minimum absolute atomic E-state index is 0.660. The van der Waals surface area contributed by atoms with Crippen LogP contribution in [0, 0.1) is 37.5 Å². The number of nitrogens with zero attached hydrogens (tertiary/aromatic N) is 2. The van der Waals surface area contributed by atoms with E-state index in [1.54, 1.807) is 27.5 Å². The molecule has 8 bridgehead atoms. The molecule has 14 rings (SSSR count). The highest BCUT2D eigenvalue weighted by atomic mass is 14.9. The van der Waals surface area contributed by atoms with Crippen molar-refractivity contribution < 1.29 is 0 Å². The second kappa shape index (κ2) is 8.30. The Morgan fingerprint density at radius 3 is 1.80 bits per heavy atom. The Bertz CT molecular complexity index is 2090. The van der Waals surface area contributed by atoms with E-state index in [4.69, 9.17) is 4.98 Å². The Hall–Kier alpha value is -3.39. The SMILES string of the molecule is Cc1cc2c(c3c4cc(-c5ccccc5)cc5c6c7c(nc(C)c6n(c13)c45)C1CC3CC(C1)CC7C3)C1CC3CC(CC2C3)C1. The van der Waals surface area contributed by atoms with E-state index in [1.165, 1.54) is 120 Å². The summed E-state index contributed by atoms with van der Waals surface area (Å²) < 4.78 is 2.76. The van der Waals surface area contributed by atoms with Gasteiger partial charge in [0.25, 0.3) is 0 Å². The standard InChI is InChI=1S/C43H42N2/c1-21-8-33-29-11-23-9-24(12-29)14-30(13-23)36(33)38-34-19-28(27-6-4-3-5-7-27)20-35-39-37-31-15-25-10-26(16-31)18-32(17-25)40(37)44-22(2)42(39)45(41(21)38)43(34)35/h3-8,19-20,23-26,29-32H,9-18H2,1-2H3. The van der Waals surface area contributed by atoms with E-state index in [0.717, 1.165) is 35.5 Å². The van der Waals surface area contributed by atoms with Crippen molar-refractivity contribution in [2.45, 2.75) is 102 Å². The number of fused-ring (bicyclic) bond motifs is 6. The van der Waals surface area contributed by atoms with Gasteiger partial charge in [-0.2, -0.15) is 0 Å². The fourth-order valence-corrected chi connectivity index (χ4v) is 13.2. The van der Waals surface area contributed by atoms with E-state index in [9.17, 15) is 0 Å². The molecule has 45 heavy (non-hydrogen) atoms. The fraction of sp³-hybridized carbons (Fsp3) is 0.465. The lowest BCUT2D eigenvalue weighted by atomic mass is 9.67. The minimum atomic E-state index is 0.660. The highest BCUT2D eigenvalue weighted by Gasteiger charge is 2.46. The Kier molecular flexibility index (Phi) is 4.57. The number of hydrogen-bond donors (Lipinski definition) is 0. The zero-order chi connectivity index (χ0) is 29.3. The predicted molar refractivity (Wildman–Crippen MR) is 185 cm³/mol. The van der Waals surface area contributed by atoms with Crippen molar-refractivity contribution in [1.29, 1.82) is 0 Å². The predicted octanol–water partition coefficient (Wildman–Crippen LogP) is 11.3. The number of pyridine rings is 1. The molecule has 2 heteroatoms. The van der Waals surface area contributed by atoms with Crippen molar-refractivity contribution in [1.82, 2.24) is 9.38 Å². The molecule has 0 radical (unpaired) electrons. The zero-order valence-electron chi connectivity index (χ0n) is 26.7. The third kappa shape index (κ3) is 3.06. The van der Waals surface area contributed by atoms with Gasteiger partial charge in [0, 0.05) is 33.2 Å². The van der Waals surface area contributed by atoms with Gasteiger partial charge < -0.3 is 4.40 Å². The van der Waals surface area contributed by atoms with Gasteiger partial charge in [-0.3, -0.25) is 4.98 Å². The number of aromatic nitrogens is 2. The molecule has 0 amide bonds. The van der Waals surface area contributed by atoms with Gasteiger partial charge in [-0.25, -0.2) is 0 Å². The number of rotatable bonds is 1. The van der Waals surface area contributed by atoms with Crippen molar-refractivity contribution >= 4 is 38.1 Å². The molecule has 0 N–H and O–H groups in total. The molecule has 3 heterocycles. The van der Waals surface area contributed by atoms with Crippen LogP contribution in [0.15, 0.2) is 48.5 Å². The summed E-state index contributed by atoms with van der Waals surface area (Å²) >= 11 is 0. The largest absolute Gasteiger partial charge is 0.306 e. The summed E-state index contributed by atoms with van der Waals surface area (Å²) in [7, 11) is 0.